The van der Waals surface area contributed by atoms with Gasteiger partial charge in [-0.15, -0.1) is 0 Å². The SMILES string of the molecule is c1ccc(N(c2cc3c(c4ccccc24)-c2c(ccc4ccccc24)C3(c2ccccc2)c2ccccc2)c2cccc3oc4ccccc4c23)cc1. The summed E-state index contributed by atoms with van der Waals surface area (Å²) in [7, 11) is 0. The Labute approximate surface area is 307 Å². The Morgan fingerprint density at radius 1 is 0.377 bits per heavy atom. The average Bonchev–Trinajstić information content (AvgIpc) is 3.77. The Morgan fingerprint density at radius 2 is 0.943 bits per heavy atom. The van der Waals surface area contributed by atoms with Gasteiger partial charge in [-0.1, -0.05) is 164 Å². The molecule has 11 rings (SSSR count). The van der Waals surface area contributed by atoms with E-state index in [4.69, 9.17) is 4.42 Å². The second-order valence-electron chi connectivity index (χ2n) is 14.0. The molecule has 2 nitrogen and oxygen atoms in total. The molecule has 0 radical (unpaired) electrons. The summed E-state index contributed by atoms with van der Waals surface area (Å²) in [4.78, 5) is 2.45. The van der Waals surface area contributed by atoms with Crippen molar-refractivity contribution in [2.45, 2.75) is 5.41 Å². The van der Waals surface area contributed by atoms with E-state index < -0.39 is 5.41 Å². The molecule has 0 aliphatic heterocycles. The number of nitrogens with zero attached hydrogens (tertiary/aromatic N) is 1. The second kappa shape index (κ2) is 11.6. The van der Waals surface area contributed by atoms with Crippen molar-refractivity contribution in [3.8, 4) is 11.1 Å². The zero-order valence-electron chi connectivity index (χ0n) is 28.9. The van der Waals surface area contributed by atoms with Crippen molar-refractivity contribution < 1.29 is 4.42 Å². The molecule has 0 atom stereocenters. The molecular formula is C51H33NO. The van der Waals surface area contributed by atoms with Crippen LogP contribution >= 0.6 is 0 Å². The Morgan fingerprint density at radius 3 is 1.68 bits per heavy atom. The summed E-state index contributed by atoms with van der Waals surface area (Å²) in [6.07, 6.45) is 0. The van der Waals surface area contributed by atoms with E-state index in [0.717, 1.165) is 39.0 Å². The minimum Gasteiger partial charge on any atom is -0.456 e. The largest absolute Gasteiger partial charge is 0.456 e. The topological polar surface area (TPSA) is 16.4 Å². The lowest BCUT2D eigenvalue weighted by molar-refractivity contribution is 0.669. The van der Waals surface area contributed by atoms with Crippen molar-refractivity contribution >= 4 is 60.5 Å². The first-order valence-electron chi connectivity index (χ1n) is 18.3. The summed E-state index contributed by atoms with van der Waals surface area (Å²) in [5.74, 6) is 0. The highest BCUT2D eigenvalue weighted by atomic mass is 16.3. The van der Waals surface area contributed by atoms with Crippen LogP contribution in [0.1, 0.15) is 22.3 Å². The van der Waals surface area contributed by atoms with Crippen molar-refractivity contribution in [3.63, 3.8) is 0 Å². The first-order chi connectivity index (χ1) is 26.3. The first-order valence-corrected chi connectivity index (χ1v) is 18.3. The van der Waals surface area contributed by atoms with Gasteiger partial charge in [-0.2, -0.15) is 0 Å². The molecule has 0 fully saturated rings. The number of rotatable bonds is 5. The number of hydrogen-bond acceptors (Lipinski definition) is 2. The summed E-state index contributed by atoms with van der Waals surface area (Å²) < 4.78 is 6.48. The number of furan rings is 1. The molecule has 0 amide bonds. The van der Waals surface area contributed by atoms with E-state index >= 15 is 0 Å². The van der Waals surface area contributed by atoms with Crippen LogP contribution in [0.5, 0.6) is 0 Å². The standard InChI is InChI=1S/C51H33NO/c1-4-18-35(19-5-1)51(36-20-6-2-7-21-36)42-32-31-34-17-10-11-24-38(34)48(42)49-40-26-13-12-25-39(40)45(33-43(49)51)52(37-22-8-3-9-23-37)44-28-16-30-47-50(44)41-27-14-15-29-46(41)53-47/h1-33H. The lowest BCUT2D eigenvalue weighted by Gasteiger charge is -2.35. The normalized spacial score (nSPS) is 13.1. The Kier molecular flexibility index (Phi) is 6.50. The zero-order chi connectivity index (χ0) is 34.9. The molecule has 0 unspecified atom stereocenters. The average molecular weight is 676 g/mol. The van der Waals surface area contributed by atoms with Crippen molar-refractivity contribution in [1.29, 1.82) is 0 Å². The smallest absolute Gasteiger partial charge is 0.137 e. The van der Waals surface area contributed by atoms with Crippen molar-refractivity contribution in [3.05, 3.63) is 222 Å². The fourth-order valence-corrected chi connectivity index (χ4v) is 9.20. The van der Waals surface area contributed by atoms with Crippen molar-refractivity contribution in [2.75, 3.05) is 4.90 Å². The van der Waals surface area contributed by atoms with E-state index in [-0.39, 0.29) is 0 Å². The third-order valence-electron chi connectivity index (χ3n) is 11.3. The van der Waals surface area contributed by atoms with Gasteiger partial charge in [-0.05, 0) is 85.9 Å². The van der Waals surface area contributed by atoms with E-state index in [1.807, 2.05) is 6.07 Å². The van der Waals surface area contributed by atoms with Crippen molar-refractivity contribution in [1.82, 2.24) is 0 Å². The first kappa shape index (κ1) is 29.8. The maximum Gasteiger partial charge on any atom is 0.137 e. The number of fused-ring (bicyclic) bond motifs is 10. The van der Waals surface area contributed by atoms with Crippen LogP contribution in [0.2, 0.25) is 0 Å². The van der Waals surface area contributed by atoms with Crippen LogP contribution in [0.25, 0.3) is 54.6 Å². The van der Waals surface area contributed by atoms with Gasteiger partial charge >= 0.3 is 0 Å². The molecule has 1 aliphatic carbocycles. The van der Waals surface area contributed by atoms with Gasteiger partial charge in [0.1, 0.15) is 11.2 Å². The molecule has 0 saturated heterocycles. The number of benzene rings is 9. The van der Waals surface area contributed by atoms with Gasteiger partial charge in [0.05, 0.1) is 22.2 Å². The van der Waals surface area contributed by atoms with Gasteiger partial charge in [-0.3, -0.25) is 0 Å². The zero-order valence-corrected chi connectivity index (χ0v) is 28.9. The van der Waals surface area contributed by atoms with Gasteiger partial charge in [-0.25, -0.2) is 0 Å². The van der Waals surface area contributed by atoms with E-state index in [0.29, 0.717) is 0 Å². The molecule has 1 aliphatic rings. The molecule has 0 spiro atoms. The predicted molar refractivity (Wildman–Crippen MR) is 221 cm³/mol. The van der Waals surface area contributed by atoms with Crippen LogP contribution in [-0.2, 0) is 5.41 Å². The van der Waals surface area contributed by atoms with Crippen LogP contribution < -0.4 is 4.90 Å². The molecule has 0 bridgehead atoms. The van der Waals surface area contributed by atoms with E-state index in [1.54, 1.807) is 0 Å². The van der Waals surface area contributed by atoms with E-state index in [1.165, 1.54) is 54.9 Å². The number of anilines is 3. The quantitative estimate of drug-likeness (QED) is 0.181. The molecule has 248 valence electrons. The summed E-state index contributed by atoms with van der Waals surface area (Å²) in [6, 6.07) is 72.9. The minimum absolute atomic E-state index is 0.577. The summed E-state index contributed by atoms with van der Waals surface area (Å²) in [5.41, 5.74) is 12.1. The maximum atomic E-state index is 6.48. The van der Waals surface area contributed by atoms with Gasteiger partial charge < -0.3 is 9.32 Å². The Bertz CT molecular complexity index is 2960. The van der Waals surface area contributed by atoms with Crippen LogP contribution in [0, 0.1) is 0 Å². The molecule has 0 saturated carbocycles. The molecule has 2 heteroatoms. The highest BCUT2D eigenvalue weighted by Crippen LogP contribution is 2.61. The Hall–Kier alpha value is -6.90. The number of para-hydroxylation sites is 2. The molecule has 1 heterocycles. The molecule has 1 aromatic heterocycles. The fourth-order valence-electron chi connectivity index (χ4n) is 9.20. The van der Waals surface area contributed by atoms with Crippen molar-refractivity contribution in [2.24, 2.45) is 0 Å². The van der Waals surface area contributed by atoms with Crippen LogP contribution in [-0.4, -0.2) is 0 Å². The third kappa shape index (κ3) is 4.21. The maximum absolute atomic E-state index is 6.48. The Balaban J connectivity index is 1.34. The predicted octanol–water partition coefficient (Wildman–Crippen LogP) is 13.7. The fraction of sp³-hybridized carbons (Fsp3) is 0.0196. The monoisotopic (exact) mass is 675 g/mol. The van der Waals surface area contributed by atoms with E-state index in [9.17, 15) is 0 Å². The lowest BCUT2D eigenvalue weighted by atomic mass is 9.67. The summed E-state index contributed by atoms with van der Waals surface area (Å²) >= 11 is 0. The molecule has 10 aromatic rings. The van der Waals surface area contributed by atoms with Crippen LogP contribution in [0.15, 0.2) is 205 Å². The molecule has 53 heavy (non-hydrogen) atoms. The highest BCUT2D eigenvalue weighted by Gasteiger charge is 2.48. The van der Waals surface area contributed by atoms with Crippen LogP contribution in [0.4, 0.5) is 17.1 Å². The molecule has 9 aromatic carbocycles. The van der Waals surface area contributed by atoms with Crippen LogP contribution in [0.3, 0.4) is 0 Å². The molecule has 0 N–H and O–H groups in total. The summed E-state index contributed by atoms with van der Waals surface area (Å²) in [5, 5.41) is 7.14. The minimum atomic E-state index is -0.577. The van der Waals surface area contributed by atoms with Gasteiger partial charge in [0.15, 0.2) is 0 Å². The second-order valence-corrected chi connectivity index (χ2v) is 14.0. The lowest BCUT2D eigenvalue weighted by Crippen LogP contribution is -2.28. The van der Waals surface area contributed by atoms with Gasteiger partial charge in [0.25, 0.3) is 0 Å². The van der Waals surface area contributed by atoms with E-state index in [2.05, 4.69) is 199 Å². The van der Waals surface area contributed by atoms with Gasteiger partial charge in [0, 0.05) is 16.5 Å². The number of hydrogen-bond donors (Lipinski definition) is 0. The summed E-state index contributed by atoms with van der Waals surface area (Å²) in [6.45, 7) is 0. The van der Waals surface area contributed by atoms with Gasteiger partial charge in [0.2, 0.25) is 0 Å². The highest BCUT2D eigenvalue weighted by molar-refractivity contribution is 6.18. The molecular weight excluding hydrogens is 643 g/mol. The third-order valence-corrected chi connectivity index (χ3v) is 11.3.